The molecule has 1 N–H and O–H groups in total. The molecule has 1 aromatic rings. The van der Waals surface area contributed by atoms with Crippen molar-refractivity contribution >= 4 is 0 Å². The first-order valence-electron chi connectivity index (χ1n) is 6.28. The van der Waals surface area contributed by atoms with Crippen LogP contribution in [0, 0.1) is 5.92 Å². The van der Waals surface area contributed by atoms with Crippen LogP contribution in [0.2, 0.25) is 0 Å². The highest BCUT2D eigenvalue weighted by atomic mass is 15.4. The molecule has 2 rings (SSSR count). The van der Waals surface area contributed by atoms with Crippen molar-refractivity contribution in [3.05, 3.63) is 24.5 Å². The van der Waals surface area contributed by atoms with Gasteiger partial charge in [0.05, 0.1) is 0 Å². The minimum absolute atomic E-state index is 0.686. The lowest BCUT2D eigenvalue weighted by molar-refractivity contribution is 0.310. The predicted molar refractivity (Wildman–Crippen MR) is 64.4 cm³/mol. The SMILES string of the molecule is CCCC1CCC(Nn2cccc2)CC1. The minimum Gasteiger partial charge on any atom is -0.323 e. The Kier molecular flexibility index (Phi) is 3.70. The van der Waals surface area contributed by atoms with Gasteiger partial charge in [-0.1, -0.05) is 19.8 Å². The van der Waals surface area contributed by atoms with Crippen molar-refractivity contribution in [1.29, 1.82) is 0 Å². The molecule has 0 radical (unpaired) electrons. The number of hydrogen-bond acceptors (Lipinski definition) is 1. The molecule has 2 nitrogen and oxygen atoms in total. The number of nitrogens with zero attached hydrogens (tertiary/aromatic N) is 1. The summed E-state index contributed by atoms with van der Waals surface area (Å²) in [6, 6.07) is 4.82. The number of hydrogen-bond donors (Lipinski definition) is 1. The lowest BCUT2D eigenvalue weighted by Crippen LogP contribution is -2.31. The molecule has 15 heavy (non-hydrogen) atoms. The van der Waals surface area contributed by atoms with Gasteiger partial charge in [-0.25, -0.2) is 0 Å². The van der Waals surface area contributed by atoms with E-state index in [1.54, 1.807) is 0 Å². The third-order valence-corrected chi connectivity index (χ3v) is 3.48. The first-order chi connectivity index (χ1) is 7.38. The van der Waals surface area contributed by atoms with Crippen molar-refractivity contribution in [2.45, 2.75) is 51.5 Å². The van der Waals surface area contributed by atoms with Gasteiger partial charge in [-0.3, -0.25) is 4.68 Å². The van der Waals surface area contributed by atoms with E-state index in [2.05, 4.69) is 41.6 Å². The smallest absolute Gasteiger partial charge is 0.0424 e. The van der Waals surface area contributed by atoms with Crippen molar-refractivity contribution in [1.82, 2.24) is 4.68 Å². The Morgan fingerprint density at radius 1 is 1.13 bits per heavy atom. The zero-order valence-corrected chi connectivity index (χ0v) is 9.65. The van der Waals surface area contributed by atoms with E-state index in [0.717, 1.165) is 5.92 Å². The lowest BCUT2D eigenvalue weighted by Gasteiger charge is -2.29. The Bertz CT molecular complexity index is 258. The maximum atomic E-state index is 3.54. The minimum atomic E-state index is 0.686. The maximum Gasteiger partial charge on any atom is 0.0424 e. The van der Waals surface area contributed by atoms with Crippen LogP contribution in [0.5, 0.6) is 0 Å². The normalized spacial score (nSPS) is 26.5. The van der Waals surface area contributed by atoms with Crippen LogP contribution in [-0.4, -0.2) is 10.7 Å². The molecule has 0 amide bonds. The molecular weight excluding hydrogens is 184 g/mol. The molecule has 1 aliphatic carbocycles. The molecule has 1 heterocycles. The fourth-order valence-corrected chi connectivity index (χ4v) is 2.62. The van der Waals surface area contributed by atoms with Gasteiger partial charge in [0.25, 0.3) is 0 Å². The van der Waals surface area contributed by atoms with Crippen LogP contribution in [0.25, 0.3) is 0 Å². The highest BCUT2D eigenvalue weighted by Gasteiger charge is 2.20. The molecule has 0 atom stereocenters. The summed E-state index contributed by atoms with van der Waals surface area (Å²) in [5, 5.41) is 0. The van der Waals surface area contributed by atoms with E-state index < -0.39 is 0 Å². The average molecular weight is 206 g/mol. The summed E-state index contributed by atoms with van der Waals surface area (Å²) >= 11 is 0. The zero-order valence-electron chi connectivity index (χ0n) is 9.65. The first kappa shape index (κ1) is 10.6. The maximum absolute atomic E-state index is 3.54. The Morgan fingerprint density at radius 2 is 1.80 bits per heavy atom. The molecule has 0 aliphatic heterocycles. The monoisotopic (exact) mass is 206 g/mol. The largest absolute Gasteiger partial charge is 0.323 e. The van der Waals surface area contributed by atoms with Gasteiger partial charge in [-0.2, -0.15) is 0 Å². The fraction of sp³-hybridized carbons (Fsp3) is 0.692. The fourth-order valence-electron chi connectivity index (χ4n) is 2.62. The van der Waals surface area contributed by atoms with Gasteiger partial charge in [0.2, 0.25) is 0 Å². The third-order valence-electron chi connectivity index (χ3n) is 3.48. The van der Waals surface area contributed by atoms with E-state index in [0.29, 0.717) is 6.04 Å². The van der Waals surface area contributed by atoms with Crippen LogP contribution in [0.15, 0.2) is 24.5 Å². The Balaban J connectivity index is 1.74. The standard InChI is InChI=1S/C13H22N2/c1-2-5-12-6-8-13(9-7-12)14-15-10-3-4-11-15/h3-4,10-14H,2,5-9H2,1H3. The summed E-state index contributed by atoms with van der Waals surface area (Å²) in [6.07, 6.45) is 12.4. The second-order valence-corrected chi connectivity index (χ2v) is 4.73. The molecule has 0 spiro atoms. The molecule has 0 aromatic carbocycles. The zero-order chi connectivity index (χ0) is 10.5. The van der Waals surface area contributed by atoms with E-state index >= 15 is 0 Å². The molecule has 0 bridgehead atoms. The van der Waals surface area contributed by atoms with Gasteiger partial charge in [0, 0.05) is 18.4 Å². The predicted octanol–water partition coefficient (Wildman–Crippen LogP) is 3.39. The summed E-state index contributed by atoms with van der Waals surface area (Å²) in [5.41, 5.74) is 3.54. The van der Waals surface area contributed by atoms with Crippen molar-refractivity contribution in [3.63, 3.8) is 0 Å². The number of aromatic nitrogens is 1. The van der Waals surface area contributed by atoms with Gasteiger partial charge in [-0.15, -0.1) is 0 Å². The van der Waals surface area contributed by atoms with E-state index in [9.17, 15) is 0 Å². The second-order valence-electron chi connectivity index (χ2n) is 4.73. The Morgan fingerprint density at radius 3 is 2.40 bits per heavy atom. The van der Waals surface area contributed by atoms with Crippen LogP contribution in [0.3, 0.4) is 0 Å². The molecule has 84 valence electrons. The van der Waals surface area contributed by atoms with E-state index in [4.69, 9.17) is 0 Å². The second kappa shape index (κ2) is 5.24. The Hall–Kier alpha value is -0.920. The van der Waals surface area contributed by atoms with Crippen LogP contribution in [0.1, 0.15) is 45.4 Å². The molecule has 2 heteroatoms. The summed E-state index contributed by atoms with van der Waals surface area (Å²) in [7, 11) is 0. The number of nitrogens with one attached hydrogen (secondary N) is 1. The van der Waals surface area contributed by atoms with E-state index in [1.807, 2.05) is 0 Å². The highest BCUT2D eigenvalue weighted by molar-refractivity contribution is 4.96. The molecule has 0 unspecified atom stereocenters. The molecule has 0 saturated heterocycles. The van der Waals surface area contributed by atoms with Crippen molar-refractivity contribution in [2.24, 2.45) is 5.92 Å². The molecule has 1 saturated carbocycles. The third kappa shape index (κ3) is 3.01. The average Bonchev–Trinajstić information content (AvgIpc) is 2.74. The van der Waals surface area contributed by atoms with E-state index in [1.165, 1.54) is 38.5 Å². The van der Waals surface area contributed by atoms with Crippen LogP contribution in [0.4, 0.5) is 0 Å². The van der Waals surface area contributed by atoms with Crippen LogP contribution < -0.4 is 5.43 Å². The summed E-state index contributed by atoms with van der Waals surface area (Å²) in [5.74, 6) is 0.998. The van der Waals surface area contributed by atoms with Gasteiger partial charge in [0.15, 0.2) is 0 Å². The van der Waals surface area contributed by atoms with Gasteiger partial charge < -0.3 is 5.43 Å². The molecule has 1 aliphatic rings. The van der Waals surface area contributed by atoms with Crippen LogP contribution >= 0.6 is 0 Å². The summed E-state index contributed by atoms with van der Waals surface area (Å²) in [6.45, 7) is 2.30. The van der Waals surface area contributed by atoms with Crippen molar-refractivity contribution < 1.29 is 0 Å². The highest BCUT2D eigenvalue weighted by Crippen LogP contribution is 2.27. The molecule has 1 fully saturated rings. The first-order valence-corrected chi connectivity index (χ1v) is 6.28. The van der Waals surface area contributed by atoms with Crippen LogP contribution in [-0.2, 0) is 0 Å². The van der Waals surface area contributed by atoms with Crippen molar-refractivity contribution in [3.8, 4) is 0 Å². The topological polar surface area (TPSA) is 17.0 Å². The van der Waals surface area contributed by atoms with Gasteiger partial charge in [-0.05, 0) is 43.7 Å². The molecular formula is C13H22N2. The molecule has 1 aromatic heterocycles. The van der Waals surface area contributed by atoms with Crippen molar-refractivity contribution in [2.75, 3.05) is 5.43 Å². The summed E-state index contributed by atoms with van der Waals surface area (Å²) in [4.78, 5) is 0. The number of rotatable bonds is 4. The summed E-state index contributed by atoms with van der Waals surface area (Å²) < 4.78 is 2.09. The van der Waals surface area contributed by atoms with E-state index in [-0.39, 0.29) is 0 Å². The Labute approximate surface area is 92.6 Å². The van der Waals surface area contributed by atoms with Gasteiger partial charge >= 0.3 is 0 Å². The van der Waals surface area contributed by atoms with Gasteiger partial charge in [0.1, 0.15) is 0 Å². The quantitative estimate of drug-likeness (QED) is 0.799. The lowest BCUT2D eigenvalue weighted by atomic mass is 9.84.